The number of aromatic nitrogens is 2. The molecule has 2 aromatic rings. The van der Waals surface area contributed by atoms with E-state index in [4.69, 9.17) is 23.2 Å². The minimum absolute atomic E-state index is 0.247. The van der Waals surface area contributed by atoms with Gasteiger partial charge in [0.1, 0.15) is 5.78 Å². The number of halogens is 2. The molecule has 134 valence electrons. The zero-order valence-corrected chi connectivity index (χ0v) is 15.8. The molecule has 0 N–H and O–H groups in total. The maximum Gasteiger partial charge on any atom is 0.138 e. The van der Waals surface area contributed by atoms with Crippen molar-refractivity contribution in [1.82, 2.24) is 14.7 Å². The van der Waals surface area contributed by atoms with Crippen LogP contribution in [0.4, 0.5) is 0 Å². The number of Topliss-reactive ketones (excluding diaryl/α,β-unsaturated/α-hetero) is 1. The summed E-state index contributed by atoms with van der Waals surface area (Å²) in [6, 6.07) is 7.24. The van der Waals surface area contributed by atoms with Crippen molar-refractivity contribution < 1.29 is 4.79 Å². The standard InChI is InChI=1S/C19H23Cl2N3O/c20-18-7-6-16(14-19(18)21)24-12-8-15(22-24)13-17(25)5-4-11-23-9-2-1-3-10-23/h6-8,12,14H,1-5,9-11,13H2. The predicted octanol–water partition coefficient (Wildman–Crippen LogP) is 4.56. The third kappa shape index (κ3) is 5.30. The number of rotatable bonds is 7. The minimum Gasteiger partial charge on any atom is -0.303 e. The Morgan fingerprint density at radius 1 is 1.08 bits per heavy atom. The first-order chi connectivity index (χ1) is 12.1. The van der Waals surface area contributed by atoms with Crippen LogP contribution < -0.4 is 0 Å². The van der Waals surface area contributed by atoms with Crippen LogP contribution in [0.5, 0.6) is 0 Å². The second-order valence-corrected chi connectivity index (χ2v) is 7.39. The molecule has 3 rings (SSSR count). The van der Waals surface area contributed by atoms with Crippen molar-refractivity contribution in [3.8, 4) is 5.69 Å². The third-order valence-electron chi connectivity index (χ3n) is 4.57. The number of likely N-dealkylation sites (tertiary alicyclic amines) is 1. The number of nitrogens with zero attached hydrogens (tertiary/aromatic N) is 3. The minimum atomic E-state index is 0.247. The Kier molecular flexibility index (Phi) is 6.51. The highest BCUT2D eigenvalue weighted by molar-refractivity contribution is 6.42. The molecular formula is C19H23Cl2N3O. The normalized spacial score (nSPS) is 15.4. The molecule has 0 bridgehead atoms. The summed E-state index contributed by atoms with van der Waals surface area (Å²) in [7, 11) is 0. The van der Waals surface area contributed by atoms with Gasteiger partial charge < -0.3 is 4.90 Å². The Hall–Kier alpha value is -1.36. The molecule has 0 radical (unpaired) electrons. The molecular weight excluding hydrogens is 357 g/mol. The fourth-order valence-corrected chi connectivity index (χ4v) is 3.49. The Balaban J connectivity index is 1.48. The summed E-state index contributed by atoms with van der Waals surface area (Å²) < 4.78 is 1.72. The molecule has 1 aromatic carbocycles. The number of ketones is 1. The van der Waals surface area contributed by atoms with Gasteiger partial charge >= 0.3 is 0 Å². The summed E-state index contributed by atoms with van der Waals surface area (Å²) in [5.74, 6) is 0.247. The van der Waals surface area contributed by atoms with E-state index in [1.807, 2.05) is 18.3 Å². The van der Waals surface area contributed by atoms with E-state index in [2.05, 4.69) is 10.00 Å². The van der Waals surface area contributed by atoms with Crippen molar-refractivity contribution in [2.75, 3.05) is 19.6 Å². The van der Waals surface area contributed by atoms with Crippen LogP contribution >= 0.6 is 23.2 Å². The lowest BCUT2D eigenvalue weighted by atomic mass is 10.1. The molecule has 0 amide bonds. The highest BCUT2D eigenvalue weighted by atomic mass is 35.5. The highest BCUT2D eigenvalue weighted by Crippen LogP contribution is 2.24. The van der Waals surface area contributed by atoms with E-state index in [1.54, 1.807) is 16.8 Å². The third-order valence-corrected chi connectivity index (χ3v) is 5.31. The van der Waals surface area contributed by atoms with E-state index >= 15 is 0 Å². The molecule has 0 spiro atoms. The molecule has 0 saturated carbocycles. The number of piperidine rings is 1. The smallest absolute Gasteiger partial charge is 0.138 e. The van der Waals surface area contributed by atoms with Gasteiger partial charge in [-0.05, 0) is 63.2 Å². The first-order valence-corrected chi connectivity index (χ1v) is 9.61. The topological polar surface area (TPSA) is 38.1 Å². The second kappa shape index (κ2) is 8.84. The average molecular weight is 380 g/mol. The fraction of sp³-hybridized carbons (Fsp3) is 0.474. The Bertz CT molecular complexity index is 723. The van der Waals surface area contributed by atoms with E-state index in [0.29, 0.717) is 22.9 Å². The zero-order chi connectivity index (χ0) is 17.6. The van der Waals surface area contributed by atoms with Crippen LogP contribution in [0.2, 0.25) is 10.0 Å². The number of benzene rings is 1. The summed E-state index contributed by atoms with van der Waals surface area (Å²) in [6.45, 7) is 3.40. The SMILES string of the molecule is O=C(CCCN1CCCCC1)Cc1ccn(-c2ccc(Cl)c(Cl)c2)n1. The van der Waals surface area contributed by atoms with Crippen LogP contribution in [0.15, 0.2) is 30.5 Å². The summed E-state index contributed by atoms with van der Waals surface area (Å²) in [5.41, 5.74) is 1.62. The first kappa shape index (κ1) is 18.4. The van der Waals surface area contributed by atoms with Crippen molar-refractivity contribution in [2.24, 2.45) is 0 Å². The molecule has 1 fully saturated rings. The number of hydrogen-bond donors (Lipinski definition) is 0. The molecule has 6 heteroatoms. The molecule has 1 aliphatic heterocycles. The number of carbonyl (C=O) groups is 1. The lowest BCUT2D eigenvalue weighted by Crippen LogP contribution is -2.30. The van der Waals surface area contributed by atoms with Crippen LogP contribution in [0, 0.1) is 0 Å². The quantitative estimate of drug-likeness (QED) is 0.707. The summed E-state index contributed by atoms with van der Waals surface area (Å²) in [5, 5.41) is 5.48. The van der Waals surface area contributed by atoms with E-state index in [-0.39, 0.29) is 5.78 Å². The molecule has 0 atom stereocenters. The van der Waals surface area contributed by atoms with Crippen LogP contribution in [0.3, 0.4) is 0 Å². The summed E-state index contributed by atoms with van der Waals surface area (Å²) in [6.07, 6.45) is 7.71. The summed E-state index contributed by atoms with van der Waals surface area (Å²) >= 11 is 12.0. The van der Waals surface area contributed by atoms with Crippen LogP contribution in [-0.4, -0.2) is 40.1 Å². The van der Waals surface area contributed by atoms with Crippen molar-refractivity contribution >= 4 is 29.0 Å². The summed E-state index contributed by atoms with van der Waals surface area (Å²) in [4.78, 5) is 14.7. The molecule has 1 aliphatic rings. The lowest BCUT2D eigenvalue weighted by Gasteiger charge is -2.26. The molecule has 1 saturated heterocycles. The van der Waals surface area contributed by atoms with Gasteiger partial charge in [-0.1, -0.05) is 29.6 Å². The molecule has 1 aromatic heterocycles. The van der Waals surface area contributed by atoms with Gasteiger partial charge in [-0.15, -0.1) is 0 Å². The van der Waals surface area contributed by atoms with E-state index < -0.39 is 0 Å². The zero-order valence-electron chi connectivity index (χ0n) is 14.3. The largest absolute Gasteiger partial charge is 0.303 e. The van der Waals surface area contributed by atoms with Gasteiger partial charge in [0.15, 0.2) is 0 Å². The maximum atomic E-state index is 12.2. The van der Waals surface area contributed by atoms with Crippen LogP contribution in [0.25, 0.3) is 5.69 Å². The van der Waals surface area contributed by atoms with Gasteiger partial charge in [-0.2, -0.15) is 5.10 Å². The van der Waals surface area contributed by atoms with Crippen LogP contribution in [0.1, 0.15) is 37.8 Å². The second-order valence-electron chi connectivity index (χ2n) is 6.57. The maximum absolute atomic E-state index is 12.2. The van der Waals surface area contributed by atoms with Crippen LogP contribution in [-0.2, 0) is 11.2 Å². The van der Waals surface area contributed by atoms with Gasteiger partial charge in [-0.25, -0.2) is 4.68 Å². The van der Waals surface area contributed by atoms with Gasteiger partial charge in [-0.3, -0.25) is 4.79 Å². The van der Waals surface area contributed by atoms with E-state index in [9.17, 15) is 4.79 Å². The van der Waals surface area contributed by atoms with Crippen molar-refractivity contribution in [3.05, 3.63) is 46.2 Å². The van der Waals surface area contributed by atoms with Crippen molar-refractivity contribution in [1.29, 1.82) is 0 Å². The molecule has 0 unspecified atom stereocenters. The van der Waals surface area contributed by atoms with Gasteiger partial charge in [0.05, 0.1) is 27.8 Å². The molecule has 25 heavy (non-hydrogen) atoms. The Labute approximate surface area is 158 Å². The molecule has 4 nitrogen and oxygen atoms in total. The number of carbonyl (C=O) groups excluding carboxylic acids is 1. The Morgan fingerprint density at radius 2 is 1.88 bits per heavy atom. The van der Waals surface area contributed by atoms with Gasteiger partial charge in [0, 0.05) is 12.6 Å². The molecule has 0 aliphatic carbocycles. The van der Waals surface area contributed by atoms with Crippen molar-refractivity contribution in [2.45, 2.75) is 38.5 Å². The monoisotopic (exact) mass is 379 g/mol. The molecule has 2 heterocycles. The van der Waals surface area contributed by atoms with E-state index in [1.165, 1.54) is 32.4 Å². The van der Waals surface area contributed by atoms with Gasteiger partial charge in [0.2, 0.25) is 0 Å². The van der Waals surface area contributed by atoms with Gasteiger partial charge in [0.25, 0.3) is 0 Å². The first-order valence-electron chi connectivity index (χ1n) is 8.86. The van der Waals surface area contributed by atoms with E-state index in [0.717, 1.165) is 24.3 Å². The number of hydrogen-bond acceptors (Lipinski definition) is 3. The predicted molar refractivity (Wildman–Crippen MR) is 102 cm³/mol. The average Bonchev–Trinajstić information content (AvgIpc) is 3.06. The lowest BCUT2D eigenvalue weighted by molar-refractivity contribution is -0.118. The highest BCUT2D eigenvalue weighted by Gasteiger charge is 2.12. The fourth-order valence-electron chi connectivity index (χ4n) is 3.20. The van der Waals surface area contributed by atoms with Crippen molar-refractivity contribution in [3.63, 3.8) is 0 Å². The Morgan fingerprint density at radius 3 is 2.64 bits per heavy atom.